The van der Waals surface area contributed by atoms with Crippen LogP contribution in [-0.2, 0) is 6.54 Å². The summed E-state index contributed by atoms with van der Waals surface area (Å²) in [5, 5.41) is 3.42. The van der Waals surface area contributed by atoms with Crippen molar-refractivity contribution >= 4 is 5.69 Å². The fourth-order valence-corrected chi connectivity index (χ4v) is 3.14. The van der Waals surface area contributed by atoms with Gasteiger partial charge in [-0.1, -0.05) is 12.1 Å². The van der Waals surface area contributed by atoms with Crippen molar-refractivity contribution in [3.63, 3.8) is 0 Å². The molecule has 1 heterocycles. The Hall–Kier alpha value is -2.36. The zero-order chi connectivity index (χ0) is 15.5. The molecule has 4 rings (SSSR count). The fraction of sp³-hybridized carbons (Fsp3) is 0.368. The van der Waals surface area contributed by atoms with Gasteiger partial charge in [-0.15, -0.1) is 0 Å². The van der Waals surface area contributed by atoms with E-state index in [0.717, 1.165) is 29.5 Å². The van der Waals surface area contributed by atoms with Gasteiger partial charge >= 0.3 is 0 Å². The normalized spacial score (nSPS) is 16.5. The van der Waals surface area contributed by atoms with Gasteiger partial charge in [0.05, 0.1) is 6.10 Å². The van der Waals surface area contributed by atoms with Gasteiger partial charge in [0.25, 0.3) is 0 Å². The average Bonchev–Trinajstić information content (AvgIpc) is 3.24. The highest BCUT2D eigenvalue weighted by Crippen LogP contribution is 2.34. The molecular weight excluding hydrogens is 290 g/mol. The third-order valence-electron chi connectivity index (χ3n) is 4.37. The molecule has 23 heavy (non-hydrogen) atoms. The van der Waals surface area contributed by atoms with Gasteiger partial charge < -0.3 is 19.5 Å². The van der Waals surface area contributed by atoms with Gasteiger partial charge in [-0.2, -0.15) is 0 Å². The molecule has 1 N–H and O–H groups in total. The van der Waals surface area contributed by atoms with E-state index in [2.05, 4.69) is 23.5 Å². The Balaban J connectivity index is 1.38. The summed E-state index contributed by atoms with van der Waals surface area (Å²) < 4.78 is 16.8. The molecule has 0 saturated heterocycles. The Bertz CT molecular complexity index is 680. The molecule has 1 aliphatic carbocycles. The third-order valence-corrected chi connectivity index (χ3v) is 4.37. The second kappa shape index (κ2) is 6.41. The number of hydrogen-bond donors (Lipinski definition) is 1. The summed E-state index contributed by atoms with van der Waals surface area (Å²) in [6.45, 7) is 1.06. The molecule has 0 atom stereocenters. The molecule has 0 spiro atoms. The van der Waals surface area contributed by atoms with Crippen molar-refractivity contribution in [3.05, 3.63) is 48.0 Å². The standard InChI is InChI=1S/C19H21NO3/c1-2-6-16(5-1)23-17-7-3-4-14(10-17)12-20-15-8-9-18-19(11-15)22-13-21-18/h3-4,7-11,16,20H,1-2,5-6,12-13H2. The highest BCUT2D eigenvalue weighted by molar-refractivity contribution is 5.55. The van der Waals surface area contributed by atoms with Crippen LogP contribution in [0.1, 0.15) is 31.2 Å². The van der Waals surface area contributed by atoms with Gasteiger partial charge in [-0.3, -0.25) is 0 Å². The predicted octanol–water partition coefficient (Wildman–Crippen LogP) is 4.35. The first-order chi connectivity index (χ1) is 11.4. The molecule has 1 aliphatic heterocycles. The van der Waals surface area contributed by atoms with Crippen LogP contribution >= 0.6 is 0 Å². The minimum absolute atomic E-state index is 0.305. The summed E-state index contributed by atoms with van der Waals surface area (Å²) in [6, 6.07) is 14.3. The van der Waals surface area contributed by atoms with E-state index < -0.39 is 0 Å². The maximum atomic E-state index is 6.06. The summed E-state index contributed by atoms with van der Waals surface area (Å²) in [6.07, 6.45) is 5.33. The van der Waals surface area contributed by atoms with Crippen molar-refractivity contribution in [2.45, 2.75) is 38.3 Å². The number of anilines is 1. The summed E-state index contributed by atoms with van der Waals surface area (Å²) >= 11 is 0. The van der Waals surface area contributed by atoms with Crippen LogP contribution in [0.2, 0.25) is 0 Å². The van der Waals surface area contributed by atoms with E-state index in [-0.39, 0.29) is 0 Å². The topological polar surface area (TPSA) is 39.7 Å². The lowest BCUT2D eigenvalue weighted by Crippen LogP contribution is -2.11. The van der Waals surface area contributed by atoms with Crippen LogP contribution in [0.15, 0.2) is 42.5 Å². The Labute approximate surface area is 136 Å². The highest BCUT2D eigenvalue weighted by atomic mass is 16.7. The lowest BCUT2D eigenvalue weighted by Gasteiger charge is -2.14. The van der Waals surface area contributed by atoms with E-state index in [1.807, 2.05) is 24.3 Å². The monoisotopic (exact) mass is 311 g/mol. The zero-order valence-corrected chi connectivity index (χ0v) is 13.1. The van der Waals surface area contributed by atoms with E-state index >= 15 is 0 Å². The summed E-state index contributed by atoms with van der Waals surface area (Å²) in [5.74, 6) is 2.58. The molecule has 120 valence electrons. The molecule has 4 nitrogen and oxygen atoms in total. The van der Waals surface area contributed by atoms with E-state index in [4.69, 9.17) is 14.2 Å². The first-order valence-corrected chi connectivity index (χ1v) is 8.26. The molecule has 4 heteroatoms. The third kappa shape index (κ3) is 3.36. The van der Waals surface area contributed by atoms with Gasteiger partial charge in [0.1, 0.15) is 5.75 Å². The highest BCUT2D eigenvalue weighted by Gasteiger charge is 2.16. The lowest BCUT2D eigenvalue weighted by molar-refractivity contribution is 0.174. The molecule has 0 radical (unpaired) electrons. The van der Waals surface area contributed by atoms with Crippen LogP contribution in [0.25, 0.3) is 0 Å². The number of hydrogen-bond acceptors (Lipinski definition) is 4. The lowest BCUT2D eigenvalue weighted by atomic mass is 10.2. The van der Waals surface area contributed by atoms with Crippen LogP contribution in [0.3, 0.4) is 0 Å². The van der Waals surface area contributed by atoms with Crippen molar-refractivity contribution < 1.29 is 14.2 Å². The number of rotatable bonds is 5. The van der Waals surface area contributed by atoms with Crippen molar-refractivity contribution in [3.8, 4) is 17.2 Å². The van der Waals surface area contributed by atoms with Crippen LogP contribution in [-0.4, -0.2) is 12.9 Å². The number of benzene rings is 2. The molecule has 2 aromatic carbocycles. The average molecular weight is 311 g/mol. The molecule has 0 aromatic heterocycles. The Morgan fingerprint density at radius 1 is 1.00 bits per heavy atom. The minimum atomic E-state index is 0.305. The van der Waals surface area contributed by atoms with E-state index in [1.165, 1.54) is 31.2 Å². The van der Waals surface area contributed by atoms with Gasteiger partial charge in [0.15, 0.2) is 11.5 Å². The predicted molar refractivity (Wildman–Crippen MR) is 89.2 cm³/mol. The molecule has 1 saturated carbocycles. The molecule has 0 amide bonds. The van der Waals surface area contributed by atoms with Gasteiger partial charge in [-0.05, 0) is 55.5 Å². The van der Waals surface area contributed by atoms with Crippen molar-refractivity contribution in [2.24, 2.45) is 0 Å². The molecule has 1 fully saturated rings. The van der Waals surface area contributed by atoms with Crippen molar-refractivity contribution in [1.29, 1.82) is 0 Å². The second-order valence-corrected chi connectivity index (χ2v) is 6.09. The first-order valence-electron chi connectivity index (χ1n) is 8.26. The smallest absolute Gasteiger partial charge is 0.231 e. The molecular formula is C19H21NO3. The van der Waals surface area contributed by atoms with Crippen molar-refractivity contribution in [1.82, 2.24) is 0 Å². The number of ether oxygens (including phenoxy) is 3. The first kappa shape index (κ1) is 14.2. The summed E-state index contributed by atoms with van der Waals surface area (Å²) in [5.41, 5.74) is 2.23. The molecule has 0 unspecified atom stereocenters. The van der Waals surface area contributed by atoms with Gasteiger partial charge in [-0.25, -0.2) is 0 Å². The zero-order valence-electron chi connectivity index (χ0n) is 13.1. The quantitative estimate of drug-likeness (QED) is 0.891. The molecule has 2 aliphatic rings. The Morgan fingerprint density at radius 2 is 1.87 bits per heavy atom. The maximum absolute atomic E-state index is 6.06. The van der Waals surface area contributed by atoms with E-state index in [0.29, 0.717) is 12.9 Å². The van der Waals surface area contributed by atoms with Crippen LogP contribution in [0.5, 0.6) is 17.2 Å². The summed E-state index contributed by atoms with van der Waals surface area (Å²) in [7, 11) is 0. The second-order valence-electron chi connectivity index (χ2n) is 6.09. The molecule has 0 bridgehead atoms. The van der Waals surface area contributed by atoms with E-state index in [1.54, 1.807) is 0 Å². The minimum Gasteiger partial charge on any atom is -0.490 e. The van der Waals surface area contributed by atoms with Gasteiger partial charge in [0, 0.05) is 18.3 Å². The Morgan fingerprint density at radius 3 is 2.78 bits per heavy atom. The molecule has 2 aromatic rings. The largest absolute Gasteiger partial charge is 0.490 e. The Kier molecular flexibility index (Phi) is 3.97. The maximum Gasteiger partial charge on any atom is 0.231 e. The summed E-state index contributed by atoms with van der Waals surface area (Å²) in [4.78, 5) is 0. The van der Waals surface area contributed by atoms with Crippen LogP contribution in [0.4, 0.5) is 5.69 Å². The number of fused-ring (bicyclic) bond motifs is 1. The van der Waals surface area contributed by atoms with Crippen LogP contribution in [0, 0.1) is 0 Å². The van der Waals surface area contributed by atoms with Crippen molar-refractivity contribution in [2.75, 3.05) is 12.1 Å². The number of nitrogens with one attached hydrogen (secondary N) is 1. The van der Waals surface area contributed by atoms with Crippen LogP contribution < -0.4 is 19.5 Å². The van der Waals surface area contributed by atoms with E-state index in [9.17, 15) is 0 Å². The fourth-order valence-electron chi connectivity index (χ4n) is 3.14. The SMILES string of the molecule is c1cc(CNc2ccc3c(c2)OCO3)cc(OC2CCCC2)c1. The van der Waals surface area contributed by atoms with Gasteiger partial charge in [0.2, 0.25) is 6.79 Å².